The fourth-order valence-electron chi connectivity index (χ4n) is 3.23. The highest BCUT2D eigenvalue weighted by atomic mass is 16.5. The Morgan fingerprint density at radius 1 is 0.903 bits per heavy atom. The number of ether oxygens (including phenoxy) is 2. The first-order valence-electron chi connectivity index (χ1n) is 9.76. The number of benzene rings is 3. The normalized spacial score (nSPS) is 10.5. The fourth-order valence-corrected chi connectivity index (χ4v) is 3.23. The van der Waals surface area contributed by atoms with Gasteiger partial charge in [-0.15, -0.1) is 0 Å². The van der Waals surface area contributed by atoms with Gasteiger partial charge in [0.1, 0.15) is 11.6 Å². The van der Waals surface area contributed by atoms with E-state index < -0.39 is 0 Å². The van der Waals surface area contributed by atoms with Crippen molar-refractivity contribution in [2.75, 3.05) is 24.9 Å². The summed E-state index contributed by atoms with van der Waals surface area (Å²) in [5.41, 5.74) is 3.08. The number of esters is 1. The van der Waals surface area contributed by atoms with Crippen molar-refractivity contribution in [2.24, 2.45) is 0 Å². The van der Waals surface area contributed by atoms with E-state index in [4.69, 9.17) is 9.47 Å². The van der Waals surface area contributed by atoms with Crippen molar-refractivity contribution in [1.82, 2.24) is 9.97 Å². The number of hydrogen-bond acceptors (Lipinski definition) is 7. The first-order valence-corrected chi connectivity index (χ1v) is 9.76. The average Bonchev–Trinajstić information content (AvgIpc) is 2.82. The lowest BCUT2D eigenvalue weighted by Gasteiger charge is -2.13. The van der Waals surface area contributed by atoms with Crippen molar-refractivity contribution >= 4 is 34.3 Å². The van der Waals surface area contributed by atoms with Crippen molar-refractivity contribution in [3.63, 3.8) is 0 Å². The zero-order valence-electron chi connectivity index (χ0n) is 17.3. The molecule has 0 amide bonds. The van der Waals surface area contributed by atoms with E-state index in [1.165, 1.54) is 7.11 Å². The maximum Gasteiger partial charge on any atom is 0.337 e. The second-order valence-corrected chi connectivity index (χ2v) is 6.77. The third-order valence-electron chi connectivity index (χ3n) is 4.80. The smallest absolute Gasteiger partial charge is 0.337 e. The number of para-hydroxylation sites is 2. The van der Waals surface area contributed by atoms with Gasteiger partial charge in [0, 0.05) is 23.2 Å². The van der Waals surface area contributed by atoms with Crippen molar-refractivity contribution < 1.29 is 14.3 Å². The summed E-state index contributed by atoms with van der Waals surface area (Å²) in [4.78, 5) is 20.9. The van der Waals surface area contributed by atoms with Gasteiger partial charge in [0.25, 0.3) is 0 Å². The van der Waals surface area contributed by atoms with Crippen LogP contribution in [0.25, 0.3) is 10.9 Å². The first kappa shape index (κ1) is 20.2. The summed E-state index contributed by atoms with van der Waals surface area (Å²) in [6.07, 6.45) is 0. The van der Waals surface area contributed by atoms with Gasteiger partial charge in [0.05, 0.1) is 25.3 Å². The molecule has 0 fully saturated rings. The Kier molecular flexibility index (Phi) is 5.93. The van der Waals surface area contributed by atoms with E-state index in [0.717, 1.165) is 27.9 Å². The zero-order valence-corrected chi connectivity index (χ0v) is 17.3. The quantitative estimate of drug-likeness (QED) is 0.421. The molecule has 0 bridgehead atoms. The first-order chi connectivity index (χ1) is 15.2. The van der Waals surface area contributed by atoms with Gasteiger partial charge in [-0.05, 0) is 42.5 Å². The molecular weight excluding hydrogens is 392 g/mol. The summed E-state index contributed by atoms with van der Waals surface area (Å²) in [6, 6.07) is 22.6. The molecule has 0 unspecified atom stereocenters. The van der Waals surface area contributed by atoms with Crippen LogP contribution in [-0.4, -0.2) is 30.2 Å². The Balaban J connectivity index is 1.61. The number of nitrogens with one attached hydrogen (secondary N) is 2. The number of fused-ring (bicyclic) bond motifs is 1. The van der Waals surface area contributed by atoms with E-state index >= 15 is 0 Å². The lowest BCUT2D eigenvalue weighted by molar-refractivity contribution is 0.0601. The summed E-state index contributed by atoms with van der Waals surface area (Å²) >= 11 is 0. The van der Waals surface area contributed by atoms with Crippen LogP contribution in [0.4, 0.5) is 17.5 Å². The predicted molar refractivity (Wildman–Crippen MR) is 121 cm³/mol. The van der Waals surface area contributed by atoms with Crippen LogP contribution < -0.4 is 15.4 Å². The van der Waals surface area contributed by atoms with Crippen LogP contribution in [0.3, 0.4) is 0 Å². The Morgan fingerprint density at radius 2 is 1.65 bits per heavy atom. The molecule has 156 valence electrons. The molecule has 7 heteroatoms. The molecule has 1 heterocycles. The summed E-state index contributed by atoms with van der Waals surface area (Å²) < 4.78 is 10.2. The van der Waals surface area contributed by atoms with Gasteiger partial charge >= 0.3 is 5.97 Å². The summed E-state index contributed by atoms with van der Waals surface area (Å²) in [5, 5.41) is 7.53. The molecular formula is C24H22N4O3. The van der Waals surface area contributed by atoms with Gasteiger partial charge in [-0.3, -0.25) is 0 Å². The molecule has 3 aromatic carbocycles. The summed E-state index contributed by atoms with van der Waals surface area (Å²) in [7, 11) is 3.02. The molecule has 7 nitrogen and oxygen atoms in total. The highest BCUT2D eigenvalue weighted by Crippen LogP contribution is 2.25. The average molecular weight is 414 g/mol. The maximum atomic E-state index is 11.6. The standard InChI is InChI=1S/C24H22N4O3/c1-30-21-10-6-3-7-17(21)15-25-22-19-8-4-5-9-20(19)27-24(28-22)26-18-13-11-16(12-14-18)23(29)31-2/h3-14H,15H2,1-2H3,(H2,25,26,27,28). The van der Waals surface area contributed by atoms with Gasteiger partial charge in [0.15, 0.2) is 0 Å². The topological polar surface area (TPSA) is 85.4 Å². The van der Waals surface area contributed by atoms with Gasteiger partial charge in [-0.1, -0.05) is 30.3 Å². The molecule has 31 heavy (non-hydrogen) atoms. The van der Waals surface area contributed by atoms with Gasteiger partial charge in [-0.2, -0.15) is 4.98 Å². The number of aromatic nitrogens is 2. The van der Waals surface area contributed by atoms with Crippen molar-refractivity contribution in [2.45, 2.75) is 6.54 Å². The minimum absolute atomic E-state index is 0.378. The molecule has 0 saturated carbocycles. The van der Waals surface area contributed by atoms with Gasteiger partial charge in [-0.25, -0.2) is 9.78 Å². The zero-order chi connectivity index (χ0) is 21.6. The maximum absolute atomic E-state index is 11.6. The van der Waals surface area contributed by atoms with Crippen molar-refractivity contribution in [1.29, 1.82) is 0 Å². The van der Waals surface area contributed by atoms with E-state index in [9.17, 15) is 4.79 Å². The largest absolute Gasteiger partial charge is 0.496 e. The minimum Gasteiger partial charge on any atom is -0.496 e. The number of carbonyl (C=O) groups is 1. The Labute approximate surface area is 180 Å². The summed E-state index contributed by atoms with van der Waals surface area (Å²) in [6.45, 7) is 0.554. The van der Waals surface area contributed by atoms with E-state index in [1.807, 2.05) is 48.5 Å². The minimum atomic E-state index is -0.378. The molecule has 0 aliphatic heterocycles. The molecule has 0 saturated heterocycles. The third kappa shape index (κ3) is 4.56. The molecule has 4 aromatic rings. The molecule has 2 N–H and O–H groups in total. The SMILES string of the molecule is COC(=O)c1ccc(Nc2nc(NCc3ccccc3OC)c3ccccc3n2)cc1. The lowest BCUT2D eigenvalue weighted by Crippen LogP contribution is -2.07. The van der Waals surface area contributed by atoms with E-state index in [-0.39, 0.29) is 5.97 Å². The predicted octanol–water partition coefficient (Wildman–Crippen LogP) is 4.78. The summed E-state index contributed by atoms with van der Waals surface area (Å²) in [5.74, 6) is 1.60. The number of hydrogen-bond donors (Lipinski definition) is 2. The van der Waals surface area contributed by atoms with Gasteiger partial charge < -0.3 is 20.1 Å². The van der Waals surface area contributed by atoms with Crippen LogP contribution in [0.15, 0.2) is 72.8 Å². The molecule has 0 spiro atoms. The highest BCUT2D eigenvalue weighted by Gasteiger charge is 2.10. The molecule has 4 rings (SSSR count). The van der Waals surface area contributed by atoms with Crippen LogP contribution in [0.5, 0.6) is 5.75 Å². The molecule has 0 atom stereocenters. The second kappa shape index (κ2) is 9.13. The number of carbonyl (C=O) groups excluding carboxylic acids is 1. The number of anilines is 3. The van der Waals surface area contributed by atoms with Crippen LogP contribution in [-0.2, 0) is 11.3 Å². The number of methoxy groups -OCH3 is 2. The van der Waals surface area contributed by atoms with Crippen LogP contribution in [0, 0.1) is 0 Å². The van der Waals surface area contributed by atoms with Crippen LogP contribution in [0.1, 0.15) is 15.9 Å². The molecule has 0 aliphatic rings. The lowest BCUT2D eigenvalue weighted by atomic mass is 10.2. The van der Waals surface area contributed by atoms with E-state index in [2.05, 4.69) is 20.6 Å². The second-order valence-electron chi connectivity index (χ2n) is 6.77. The van der Waals surface area contributed by atoms with E-state index in [1.54, 1.807) is 31.4 Å². The third-order valence-corrected chi connectivity index (χ3v) is 4.80. The van der Waals surface area contributed by atoms with Crippen molar-refractivity contribution in [3.05, 3.63) is 83.9 Å². The number of nitrogens with zero attached hydrogens (tertiary/aromatic N) is 2. The molecule has 0 aliphatic carbocycles. The molecule has 0 radical (unpaired) electrons. The molecule has 1 aromatic heterocycles. The van der Waals surface area contributed by atoms with Crippen LogP contribution >= 0.6 is 0 Å². The van der Waals surface area contributed by atoms with Gasteiger partial charge in [0.2, 0.25) is 5.95 Å². The Bertz CT molecular complexity index is 1210. The Hall–Kier alpha value is -4.13. The fraction of sp³-hybridized carbons (Fsp3) is 0.125. The number of rotatable bonds is 7. The Morgan fingerprint density at radius 3 is 2.42 bits per heavy atom. The van der Waals surface area contributed by atoms with E-state index in [0.29, 0.717) is 23.9 Å². The van der Waals surface area contributed by atoms with Crippen LogP contribution in [0.2, 0.25) is 0 Å². The van der Waals surface area contributed by atoms with Crippen molar-refractivity contribution in [3.8, 4) is 5.75 Å². The highest BCUT2D eigenvalue weighted by molar-refractivity contribution is 5.91. The monoisotopic (exact) mass is 414 g/mol.